The molecule has 25 heavy (non-hydrogen) atoms. The largest absolute Gasteiger partial charge is 0.320 e. The Morgan fingerprint density at radius 3 is 2.72 bits per heavy atom. The summed E-state index contributed by atoms with van der Waals surface area (Å²) >= 11 is 5.94. The predicted octanol–water partition coefficient (Wildman–Crippen LogP) is 3.62. The summed E-state index contributed by atoms with van der Waals surface area (Å²) in [7, 11) is 0. The van der Waals surface area contributed by atoms with Crippen molar-refractivity contribution in [1.29, 1.82) is 0 Å². The first-order valence-corrected chi connectivity index (χ1v) is 8.44. The average Bonchev–Trinajstić information content (AvgIpc) is 2.60. The molecule has 3 aromatic rings. The van der Waals surface area contributed by atoms with Crippen molar-refractivity contribution in [3.05, 3.63) is 75.3 Å². The highest BCUT2D eigenvalue weighted by Gasteiger charge is 2.13. The molecule has 1 aromatic carbocycles. The molecule has 0 aliphatic carbocycles. The van der Waals surface area contributed by atoms with Gasteiger partial charge in [-0.05, 0) is 37.5 Å². The van der Waals surface area contributed by atoms with Gasteiger partial charge in [0.15, 0.2) is 0 Å². The summed E-state index contributed by atoms with van der Waals surface area (Å²) in [4.78, 5) is 29.1. The topological polar surface area (TPSA) is 63.5 Å². The van der Waals surface area contributed by atoms with Crippen molar-refractivity contribution in [1.82, 2.24) is 9.38 Å². The SMILES string of the molecule is Cc1nc2ccc(Cl)cn2c(=O)c1NC(=O)CCCc1ccccc1. The molecule has 2 heterocycles. The van der Waals surface area contributed by atoms with E-state index in [0.717, 1.165) is 6.42 Å². The Kier molecular flexibility index (Phi) is 5.14. The molecule has 0 fully saturated rings. The highest BCUT2D eigenvalue weighted by molar-refractivity contribution is 6.30. The lowest BCUT2D eigenvalue weighted by molar-refractivity contribution is -0.116. The smallest absolute Gasteiger partial charge is 0.281 e. The van der Waals surface area contributed by atoms with E-state index in [-0.39, 0.29) is 17.2 Å². The van der Waals surface area contributed by atoms with Gasteiger partial charge in [0.25, 0.3) is 5.56 Å². The molecule has 1 amide bonds. The van der Waals surface area contributed by atoms with Crippen LogP contribution in [-0.4, -0.2) is 15.3 Å². The second-order valence-electron chi connectivity index (χ2n) is 5.84. The van der Waals surface area contributed by atoms with E-state index in [1.165, 1.54) is 16.2 Å². The number of hydrogen-bond donors (Lipinski definition) is 1. The number of anilines is 1. The number of carbonyl (C=O) groups excluding carboxylic acids is 1. The number of nitrogens with one attached hydrogen (secondary N) is 1. The zero-order valence-corrected chi connectivity index (χ0v) is 14.6. The fourth-order valence-corrected chi connectivity index (χ4v) is 2.83. The summed E-state index contributed by atoms with van der Waals surface area (Å²) in [6, 6.07) is 13.3. The number of amides is 1. The van der Waals surface area contributed by atoms with Crippen molar-refractivity contribution in [2.75, 3.05) is 5.32 Å². The lowest BCUT2D eigenvalue weighted by Gasteiger charge is -2.10. The minimum atomic E-state index is -0.332. The Balaban J connectivity index is 1.71. The lowest BCUT2D eigenvalue weighted by atomic mass is 10.1. The first-order valence-electron chi connectivity index (χ1n) is 8.07. The molecule has 0 spiro atoms. The zero-order valence-electron chi connectivity index (χ0n) is 13.8. The fourth-order valence-electron chi connectivity index (χ4n) is 2.67. The van der Waals surface area contributed by atoms with E-state index in [9.17, 15) is 9.59 Å². The van der Waals surface area contributed by atoms with Gasteiger partial charge in [0.1, 0.15) is 11.3 Å². The summed E-state index contributed by atoms with van der Waals surface area (Å²) in [5.41, 5.74) is 2.04. The Morgan fingerprint density at radius 2 is 1.96 bits per heavy atom. The molecule has 0 aliphatic heterocycles. The number of fused-ring (bicyclic) bond motifs is 1. The molecule has 3 rings (SSSR count). The number of carbonyl (C=O) groups is 1. The number of pyridine rings is 1. The second-order valence-corrected chi connectivity index (χ2v) is 6.28. The predicted molar refractivity (Wildman–Crippen MR) is 99.2 cm³/mol. The van der Waals surface area contributed by atoms with Crippen molar-refractivity contribution in [2.24, 2.45) is 0 Å². The van der Waals surface area contributed by atoms with Gasteiger partial charge in [-0.3, -0.25) is 14.0 Å². The van der Waals surface area contributed by atoms with Crippen LogP contribution in [0, 0.1) is 6.92 Å². The van der Waals surface area contributed by atoms with E-state index in [2.05, 4.69) is 10.3 Å². The number of benzene rings is 1. The standard InChI is InChI=1S/C19H18ClN3O2/c1-13-18(19(25)23-12-15(20)10-11-16(23)21-13)22-17(24)9-5-8-14-6-3-2-4-7-14/h2-4,6-7,10-12H,5,8-9H2,1H3,(H,22,24). The van der Waals surface area contributed by atoms with Crippen molar-refractivity contribution < 1.29 is 4.79 Å². The van der Waals surface area contributed by atoms with Crippen LogP contribution in [0.2, 0.25) is 5.02 Å². The number of hydrogen-bond acceptors (Lipinski definition) is 3. The van der Waals surface area contributed by atoms with Crippen LogP contribution >= 0.6 is 11.6 Å². The van der Waals surface area contributed by atoms with Gasteiger partial charge < -0.3 is 5.32 Å². The molecule has 0 radical (unpaired) electrons. The van der Waals surface area contributed by atoms with Crippen LogP contribution in [0.3, 0.4) is 0 Å². The molecule has 1 N–H and O–H groups in total. The van der Waals surface area contributed by atoms with Crippen molar-refractivity contribution in [3.63, 3.8) is 0 Å². The molecule has 0 saturated heterocycles. The summed E-state index contributed by atoms with van der Waals surface area (Å²) in [6.07, 6.45) is 3.36. The van der Waals surface area contributed by atoms with Crippen molar-refractivity contribution in [3.8, 4) is 0 Å². The summed E-state index contributed by atoms with van der Waals surface area (Å²) < 4.78 is 1.34. The van der Waals surface area contributed by atoms with E-state index in [4.69, 9.17) is 11.6 Å². The van der Waals surface area contributed by atoms with E-state index in [0.29, 0.717) is 29.2 Å². The number of aryl methyl sites for hydroxylation is 2. The van der Waals surface area contributed by atoms with Gasteiger partial charge in [0.05, 0.1) is 10.7 Å². The van der Waals surface area contributed by atoms with E-state index < -0.39 is 0 Å². The minimum absolute atomic E-state index is 0.195. The molecular weight excluding hydrogens is 338 g/mol. The minimum Gasteiger partial charge on any atom is -0.320 e. The number of rotatable bonds is 5. The first-order chi connectivity index (χ1) is 12.0. The molecule has 0 aliphatic rings. The summed E-state index contributed by atoms with van der Waals surface area (Å²) in [6.45, 7) is 1.70. The highest BCUT2D eigenvalue weighted by Crippen LogP contribution is 2.13. The zero-order chi connectivity index (χ0) is 17.8. The molecule has 0 bridgehead atoms. The first kappa shape index (κ1) is 17.2. The van der Waals surface area contributed by atoms with Gasteiger partial charge in [-0.1, -0.05) is 41.9 Å². The quantitative estimate of drug-likeness (QED) is 0.760. The maximum absolute atomic E-state index is 12.6. The molecule has 2 aromatic heterocycles. The molecule has 0 unspecified atom stereocenters. The van der Waals surface area contributed by atoms with Gasteiger partial charge in [-0.25, -0.2) is 4.98 Å². The number of halogens is 1. The van der Waals surface area contributed by atoms with Crippen LogP contribution in [0.4, 0.5) is 5.69 Å². The van der Waals surface area contributed by atoms with Crippen LogP contribution in [-0.2, 0) is 11.2 Å². The highest BCUT2D eigenvalue weighted by atomic mass is 35.5. The fraction of sp³-hybridized carbons (Fsp3) is 0.211. The van der Waals surface area contributed by atoms with E-state index in [1.807, 2.05) is 30.3 Å². The molecule has 0 saturated carbocycles. The van der Waals surface area contributed by atoms with Gasteiger partial charge in [-0.2, -0.15) is 0 Å². The van der Waals surface area contributed by atoms with Crippen LogP contribution in [0.25, 0.3) is 5.65 Å². The maximum Gasteiger partial charge on any atom is 0.281 e. The lowest BCUT2D eigenvalue weighted by Crippen LogP contribution is -2.24. The Hall–Kier alpha value is -2.66. The second kappa shape index (κ2) is 7.49. The van der Waals surface area contributed by atoms with Gasteiger partial charge in [0.2, 0.25) is 5.91 Å². The van der Waals surface area contributed by atoms with Crippen molar-refractivity contribution >= 4 is 28.8 Å². The third kappa shape index (κ3) is 4.06. The summed E-state index contributed by atoms with van der Waals surface area (Å²) in [5.74, 6) is -0.195. The van der Waals surface area contributed by atoms with Crippen molar-refractivity contribution in [2.45, 2.75) is 26.2 Å². The van der Waals surface area contributed by atoms with Gasteiger partial charge in [0, 0.05) is 12.6 Å². The third-order valence-electron chi connectivity index (χ3n) is 3.94. The van der Waals surface area contributed by atoms with Crippen LogP contribution in [0.5, 0.6) is 0 Å². The average molecular weight is 356 g/mol. The molecule has 5 nitrogen and oxygen atoms in total. The monoisotopic (exact) mass is 355 g/mol. The molecule has 0 atom stereocenters. The van der Waals surface area contributed by atoms with E-state index in [1.54, 1.807) is 19.1 Å². The van der Waals surface area contributed by atoms with Crippen LogP contribution < -0.4 is 10.9 Å². The van der Waals surface area contributed by atoms with Gasteiger partial charge >= 0.3 is 0 Å². The number of nitrogens with zero attached hydrogens (tertiary/aromatic N) is 2. The molecule has 128 valence electrons. The Bertz CT molecular complexity index is 968. The normalized spacial score (nSPS) is 10.8. The van der Waals surface area contributed by atoms with Crippen LogP contribution in [0.15, 0.2) is 53.5 Å². The molecular formula is C19H18ClN3O2. The maximum atomic E-state index is 12.6. The molecule has 6 heteroatoms. The number of aromatic nitrogens is 2. The Labute approximate surface area is 150 Å². The van der Waals surface area contributed by atoms with E-state index >= 15 is 0 Å². The Morgan fingerprint density at radius 1 is 1.20 bits per heavy atom. The summed E-state index contributed by atoms with van der Waals surface area (Å²) in [5, 5.41) is 3.13. The van der Waals surface area contributed by atoms with Crippen LogP contribution in [0.1, 0.15) is 24.1 Å². The third-order valence-corrected chi connectivity index (χ3v) is 4.17. The van der Waals surface area contributed by atoms with Gasteiger partial charge in [-0.15, -0.1) is 0 Å².